The van der Waals surface area contributed by atoms with Gasteiger partial charge in [-0.25, -0.2) is 4.98 Å². The Bertz CT molecular complexity index is 661. The van der Waals surface area contributed by atoms with Crippen LogP contribution < -0.4 is 10.1 Å². The van der Waals surface area contributed by atoms with Crippen LogP contribution in [-0.2, 0) is 10.3 Å². The van der Waals surface area contributed by atoms with Crippen molar-refractivity contribution in [3.63, 3.8) is 0 Å². The molecule has 1 unspecified atom stereocenters. The SMILES string of the molecule is FC(F)Oc1ccc(C2(c3cccc(Br)c3)COCCN2)cn1. The number of ether oxygens (including phenoxy) is 2. The maximum Gasteiger partial charge on any atom is 0.388 e. The molecule has 2 aromatic rings. The van der Waals surface area contributed by atoms with Crippen LogP contribution in [0.1, 0.15) is 11.1 Å². The van der Waals surface area contributed by atoms with Gasteiger partial charge < -0.3 is 9.47 Å². The minimum Gasteiger partial charge on any atom is -0.417 e. The van der Waals surface area contributed by atoms with Crippen LogP contribution in [0, 0.1) is 0 Å². The van der Waals surface area contributed by atoms with E-state index in [1.54, 1.807) is 12.3 Å². The number of pyridine rings is 1. The molecule has 4 nitrogen and oxygen atoms in total. The third-order valence-electron chi connectivity index (χ3n) is 3.75. The molecule has 1 aliphatic heterocycles. The van der Waals surface area contributed by atoms with Gasteiger partial charge in [0.25, 0.3) is 0 Å². The third-order valence-corrected chi connectivity index (χ3v) is 4.24. The van der Waals surface area contributed by atoms with Gasteiger partial charge in [0.05, 0.1) is 18.8 Å². The minimum atomic E-state index is -2.89. The van der Waals surface area contributed by atoms with Crippen LogP contribution >= 0.6 is 15.9 Å². The molecule has 0 aliphatic carbocycles. The molecule has 0 spiro atoms. The second-order valence-corrected chi connectivity index (χ2v) is 6.07. The number of morpholine rings is 1. The number of rotatable bonds is 4. The van der Waals surface area contributed by atoms with Crippen LogP contribution in [-0.4, -0.2) is 31.4 Å². The molecule has 0 radical (unpaired) electrons. The topological polar surface area (TPSA) is 43.4 Å². The van der Waals surface area contributed by atoms with E-state index in [4.69, 9.17) is 4.74 Å². The monoisotopic (exact) mass is 384 g/mol. The Morgan fingerprint density at radius 1 is 1.26 bits per heavy atom. The number of hydrogen-bond donors (Lipinski definition) is 1. The maximum absolute atomic E-state index is 12.3. The highest BCUT2D eigenvalue weighted by Gasteiger charge is 2.37. The molecule has 2 heterocycles. The summed E-state index contributed by atoms with van der Waals surface area (Å²) in [5.74, 6) is -0.107. The van der Waals surface area contributed by atoms with E-state index in [0.717, 1.165) is 15.6 Å². The van der Waals surface area contributed by atoms with Crippen LogP contribution in [0.25, 0.3) is 0 Å². The van der Waals surface area contributed by atoms with E-state index < -0.39 is 12.2 Å². The molecule has 1 saturated heterocycles. The smallest absolute Gasteiger partial charge is 0.388 e. The normalized spacial score (nSPS) is 21.4. The van der Waals surface area contributed by atoms with Gasteiger partial charge in [-0.1, -0.05) is 28.1 Å². The number of aromatic nitrogens is 1. The van der Waals surface area contributed by atoms with E-state index in [9.17, 15) is 8.78 Å². The lowest BCUT2D eigenvalue weighted by Crippen LogP contribution is -2.52. The predicted octanol–water partition coefficient (Wildman–Crippen LogP) is 3.31. The van der Waals surface area contributed by atoms with Crippen LogP contribution in [0.3, 0.4) is 0 Å². The molecule has 122 valence electrons. The van der Waals surface area contributed by atoms with E-state index in [0.29, 0.717) is 19.8 Å². The second kappa shape index (κ2) is 6.90. The summed E-state index contributed by atoms with van der Waals surface area (Å²) in [5, 5.41) is 3.48. The highest BCUT2D eigenvalue weighted by molar-refractivity contribution is 9.10. The number of nitrogens with one attached hydrogen (secondary N) is 1. The molecule has 1 aromatic heterocycles. The Hall–Kier alpha value is -1.57. The molecule has 1 aromatic carbocycles. The van der Waals surface area contributed by atoms with Crippen molar-refractivity contribution in [3.05, 3.63) is 58.2 Å². The standard InChI is InChI=1S/C16H15BrF2N2O2/c17-13-3-1-2-11(8-13)16(10-22-7-6-21-16)12-4-5-14(20-9-12)23-15(18)19/h1-5,8-9,15,21H,6-7,10H2. The minimum absolute atomic E-state index is 0.107. The summed E-state index contributed by atoms with van der Waals surface area (Å²) in [4.78, 5) is 3.98. The Labute approximate surface area is 141 Å². The number of halogens is 3. The fraction of sp³-hybridized carbons (Fsp3) is 0.312. The summed E-state index contributed by atoms with van der Waals surface area (Å²) >= 11 is 3.48. The molecule has 3 rings (SSSR count). The quantitative estimate of drug-likeness (QED) is 0.877. The van der Waals surface area contributed by atoms with Crippen molar-refractivity contribution in [1.82, 2.24) is 10.3 Å². The average molecular weight is 385 g/mol. The lowest BCUT2D eigenvalue weighted by molar-refractivity contribution is -0.0529. The lowest BCUT2D eigenvalue weighted by atomic mass is 9.83. The molecular formula is C16H15BrF2N2O2. The van der Waals surface area contributed by atoms with Crippen molar-refractivity contribution in [2.45, 2.75) is 12.2 Å². The highest BCUT2D eigenvalue weighted by atomic mass is 79.9. The molecule has 23 heavy (non-hydrogen) atoms. The predicted molar refractivity (Wildman–Crippen MR) is 84.6 cm³/mol. The van der Waals surface area contributed by atoms with Gasteiger partial charge in [-0.15, -0.1) is 0 Å². The van der Waals surface area contributed by atoms with Crippen molar-refractivity contribution in [2.24, 2.45) is 0 Å². The first-order valence-corrected chi connectivity index (χ1v) is 7.90. The van der Waals surface area contributed by atoms with Crippen LogP contribution in [0.5, 0.6) is 5.88 Å². The van der Waals surface area contributed by atoms with E-state index in [1.165, 1.54) is 6.07 Å². The molecule has 0 saturated carbocycles. The Morgan fingerprint density at radius 2 is 2.13 bits per heavy atom. The first-order valence-electron chi connectivity index (χ1n) is 7.10. The third kappa shape index (κ3) is 3.52. The molecule has 1 aliphatic rings. The fourth-order valence-corrected chi connectivity index (χ4v) is 3.10. The Morgan fingerprint density at radius 3 is 2.74 bits per heavy atom. The summed E-state index contributed by atoms with van der Waals surface area (Å²) < 4.78 is 35.5. The van der Waals surface area contributed by atoms with Gasteiger partial charge in [0.2, 0.25) is 5.88 Å². The molecule has 1 fully saturated rings. The zero-order chi connectivity index (χ0) is 16.3. The van der Waals surface area contributed by atoms with Crippen LogP contribution in [0.4, 0.5) is 8.78 Å². The van der Waals surface area contributed by atoms with Gasteiger partial charge in [-0.05, 0) is 29.3 Å². The number of nitrogens with zero attached hydrogens (tertiary/aromatic N) is 1. The summed E-state index contributed by atoms with van der Waals surface area (Å²) in [6.45, 7) is -1.15. The molecule has 0 amide bonds. The van der Waals surface area contributed by atoms with Gasteiger partial charge in [0.1, 0.15) is 0 Å². The largest absolute Gasteiger partial charge is 0.417 e. The Balaban J connectivity index is 1.99. The van der Waals surface area contributed by atoms with Crippen LogP contribution in [0.2, 0.25) is 0 Å². The summed E-state index contributed by atoms with van der Waals surface area (Å²) in [5.41, 5.74) is 1.27. The van der Waals surface area contributed by atoms with Gasteiger partial charge >= 0.3 is 6.61 Å². The van der Waals surface area contributed by atoms with Gasteiger partial charge in [-0.3, -0.25) is 5.32 Å². The van der Waals surface area contributed by atoms with Crippen molar-refractivity contribution in [3.8, 4) is 5.88 Å². The molecule has 1 atom stereocenters. The van der Waals surface area contributed by atoms with Crippen molar-refractivity contribution < 1.29 is 18.3 Å². The van der Waals surface area contributed by atoms with Crippen LogP contribution in [0.15, 0.2) is 47.1 Å². The molecular weight excluding hydrogens is 370 g/mol. The molecule has 7 heteroatoms. The van der Waals surface area contributed by atoms with Gasteiger partial charge in [0, 0.05) is 23.3 Å². The van der Waals surface area contributed by atoms with E-state index in [1.807, 2.05) is 24.3 Å². The average Bonchev–Trinajstić information content (AvgIpc) is 2.55. The molecule has 1 N–H and O–H groups in total. The number of hydrogen-bond acceptors (Lipinski definition) is 4. The molecule has 0 bridgehead atoms. The summed E-state index contributed by atoms with van der Waals surface area (Å²) in [6, 6.07) is 11.1. The number of alkyl halides is 2. The Kier molecular flexibility index (Phi) is 4.89. The van der Waals surface area contributed by atoms with Crippen molar-refractivity contribution in [1.29, 1.82) is 0 Å². The van der Waals surface area contributed by atoms with E-state index in [-0.39, 0.29) is 5.88 Å². The number of benzene rings is 1. The van der Waals surface area contributed by atoms with Crippen molar-refractivity contribution in [2.75, 3.05) is 19.8 Å². The first-order chi connectivity index (χ1) is 11.1. The zero-order valence-corrected chi connectivity index (χ0v) is 13.7. The van der Waals surface area contributed by atoms with Gasteiger partial charge in [0.15, 0.2) is 0 Å². The first kappa shape index (κ1) is 16.3. The maximum atomic E-state index is 12.3. The lowest BCUT2D eigenvalue weighted by Gasteiger charge is -2.39. The van der Waals surface area contributed by atoms with Crippen molar-refractivity contribution >= 4 is 15.9 Å². The highest BCUT2D eigenvalue weighted by Crippen LogP contribution is 2.33. The van der Waals surface area contributed by atoms with Gasteiger partial charge in [-0.2, -0.15) is 8.78 Å². The fourth-order valence-electron chi connectivity index (χ4n) is 2.70. The summed E-state index contributed by atoms with van der Waals surface area (Å²) in [7, 11) is 0. The zero-order valence-electron chi connectivity index (χ0n) is 12.1. The van der Waals surface area contributed by atoms with E-state index >= 15 is 0 Å². The van der Waals surface area contributed by atoms with E-state index in [2.05, 4.69) is 31.0 Å². The second-order valence-electron chi connectivity index (χ2n) is 5.16. The summed E-state index contributed by atoms with van der Waals surface area (Å²) in [6.07, 6.45) is 1.54.